The van der Waals surface area contributed by atoms with Gasteiger partial charge >= 0.3 is 0 Å². The first-order valence-electron chi connectivity index (χ1n) is 6.59. The number of nitrogens with zero attached hydrogens (tertiary/aromatic N) is 2. The van der Waals surface area contributed by atoms with Crippen molar-refractivity contribution in [1.82, 2.24) is 9.88 Å². The first kappa shape index (κ1) is 14.1. The van der Waals surface area contributed by atoms with Gasteiger partial charge in [0, 0.05) is 24.3 Å². The molecule has 1 aliphatic heterocycles. The van der Waals surface area contributed by atoms with Crippen LogP contribution < -0.4 is 0 Å². The number of carbonyl (C=O) groups is 1. The van der Waals surface area contributed by atoms with Gasteiger partial charge in [0.25, 0.3) is 5.91 Å². The summed E-state index contributed by atoms with van der Waals surface area (Å²) in [5.74, 6) is 0.295. The van der Waals surface area contributed by atoms with Crippen LogP contribution in [0.3, 0.4) is 0 Å². The summed E-state index contributed by atoms with van der Waals surface area (Å²) in [6.07, 6.45) is 3.05. The second-order valence-electron chi connectivity index (χ2n) is 5.31. The van der Waals surface area contributed by atoms with Crippen molar-refractivity contribution >= 4 is 17.5 Å². The van der Waals surface area contributed by atoms with E-state index in [1.54, 1.807) is 6.07 Å². The summed E-state index contributed by atoms with van der Waals surface area (Å²) in [5, 5.41) is 0.387. The van der Waals surface area contributed by atoms with Gasteiger partial charge in [-0.1, -0.05) is 37.1 Å². The van der Waals surface area contributed by atoms with Crippen molar-refractivity contribution in [3.8, 4) is 0 Å². The maximum atomic E-state index is 12.4. The second kappa shape index (κ2) is 5.74. The van der Waals surface area contributed by atoms with Crippen LogP contribution in [-0.4, -0.2) is 28.9 Å². The fourth-order valence-corrected chi connectivity index (χ4v) is 2.29. The van der Waals surface area contributed by atoms with E-state index in [0.717, 1.165) is 18.7 Å². The van der Waals surface area contributed by atoms with Gasteiger partial charge in [-0.05, 0) is 31.4 Å². The smallest absolute Gasteiger partial charge is 0.254 e. The number of hydrogen-bond acceptors (Lipinski definition) is 2. The molecule has 2 rings (SSSR count). The quantitative estimate of drug-likeness (QED) is 0.611. The van der Waals surface area contributed by atoms with E-state index in [1.807, 2.05) is 24.8 Å². The zero-order valence-electron chi connectivity index (χ0n) is 11.6. The summed E-state index contributed by atoms with van der Waals surface area (Å²) in [6, 6.07) is 3.50. The van der Waals surface area contributed by atoms with E-state index in [4.69, 9.17) is 11.6 Å². The Morgan fingerprint density at radius 1 is 1.42 bits per heavy atom. The highest BCUT2D eigenvalue weighted by molar-refractivity contribution is 6.29. The van der Waals surface area contributed by atoms with Gasteiger partial charge in [-0.15, -0.1) is 0 Å². The van der Waals surface area contributed by atoms with Crippen LogP contribution in [0, 0.1) is 0 Å². The van der Waals surface area contributed by atoms with Crippen molar-refractivity contribution in [3.63, 3.8) is 0 Å². The first-order chi connectivity index (χ1) is 8.97. The van der Waals surface area contributed by atoms with Crippen LogP contribution in [0.1, 0.15) is 49.2 Å². The second-order valence-corrected chi connectivity index (χ2v) is 5.70. The highest BCUT2D eigenvalue weighted by Gasteiger charge is 2.19. The molecule has 1 aromatic heterocycles. The van der Waals surface area contributed by atoms with E-state index in [2.05, 4.69) is 18.0 Å². The van der Waals surface area contributed by atoms with Crippen molar-refractivity contribution in [2.24, 2.45) is 0 Å². The summed E-state index contributed by atoms with van der Waals surface area (Å²) in [4.78, 5) is 18.5. The summed E-state index contributed by atoms with van der Waals surface area (Å²) in [7, 11) is 0. The molecule has 102 valence electrons. The van der Waals surface area contributed by atoms with Gasteiger partial charge in [-0.3, -0.25) is 4.79 Å². The van der Waals surface area contributed by atoms with Gasteiger partial charge in [-0.2, -0.15) is 0 Å². The molecule has 0 bridgehead atoms. The average molecular weight is 279 g/mol. The van der Waals surface area contributed by atoms with Gasteiger partial charge in [0.1, 0.15) is 5.15 Å². The number of carbonyl (C=O) groups excluding carboxylic acids is 1. The van der Waals surface area contributed by atoms with Crippen molar-refractivity contribution in [2.75, 3.05) is 13.1 Å². The van der Waals surface area contributed by atoms with Crippen molar-refractivity contribution in [2.45, 2.75) is 33.1 Å². The molecule has 3 nitrogen and oxygen atoms in total. The van der Waals surface area contributed by atoms with Crippen LogP contribution in [-0.2, 0) is 0 Å². The average Bonchev–Trinajstić information content (AvgIpc) is 2.38. The molecule has 19 heavy (non-hydrogen) atoms. The Hall–Kier alpha value is -1.35. The zero-order chi connectivity index (χ0) is 14.0. The maximum Gasteiger partial charge on any atom is 0.254 e. The number of hydrogen-bond donors (Lipinski definition) is 0. The topological polar surface area (TPSA) is 33.2 Å². The van der Waals surface area contributed by atoms with Crippen LogP contribution in [0.5, 0.6) is 0 Å². The van der Waals surface area contributed by atoms with Crippen LogP contribution >= 0.6 is 11.6 Å². The Kier molecular flexibility index (Phi) is 4.25. The number of rotatable bonds is 2. The van der Waals surface area contributed by atoms with E-state index in [0.29, 0.717) is 17.3 Å². The van der Waals surface area contributed by atoms with Gasteiger partial charge < -0.3 is 4.90 Å². The molecule has 2 heterocycles. The minimum atomic E-state index is 0.0370. The molecule has 0 atom stereocenters. The molecule has 1 amide bonds. The number of aromatic nitrogens is 1. The lowest BCUT2D eigenvalue weighted by Crippen LogP contribution is -2.34. The van der Waals surface area contributed by atoms with Crippen LogP contribution in [0.15, 0.2) is 23.8 Å². The third-order valence-corrected chi connectivity index (χ3v) is 3.57. The molecule has 0 radical (unpaired) electrons. The summed E-state index contributed by atoms with van der Waals surface area (Å²) in [5.41, 5.74) is 2.84. The van der Waals surface area contributed by atoms with Crippen molar-refractivity contribution in [3.05, 3.63) is 40.2 Å². The number of amides is 1. The first-order valence-corrected chi connectivity index (χ1v) is 6.97. The SMILES string of the molecule is CC1=CCN(C(=O)c2cc(Cl)nc(C(C)C)c2)CC1. The van der Waals surface area contributed by atoms with Crippen LogP contribution in [0.25, 0.3) is 0 Å². The van der Waals surface area contributed by atoms with Gasteiger partial charge in [0.15, 0.2) is 0 Å². The monoisotopic (exact) mass is 278 g/mol. The molecule has 0 spiro atoms. The molecule has 1 aromatic rings. The van der Waals surface area contributed by atoms with E-state index < -0.39 is 0 Å². The minimum absolute atomic E-state index is 0.0370. The van der Waals surface area contributed by atoms with Gasteiger partial charge in [0.05, 0.1) is 0 Å². The minimum Gasteiger partial charge on any atom is -0.335 e. The third kappa shape index (κ3) is 3.35. The van der Waals surface area contributed by atoms with Gasteiger partial charge in [0.2, 0.25) is 0 Å². The lowest BCUT2D eigenvalue weighted by Gasteiger charge is -2.25. The predicted octanol–water partition coefficient (Wildman–Crippen LogP) is 3.65. The van der Waals surface area contributed by atoms with Gasteiger partial charge in [-0.25, -0.2) is 4.98 Å². The lowest BCUT2D eigenvalue weighted by atomic mass is 10.1. The maximum absolute atomic E-state index is 12.4. The highest BCUT2D eigenvalue weighted by atomic mass is 35.5. The summed E-state index contributed by atoms with van der Waals surface area (Å²) >= 11 is 6.01. The molecule has 0 aromatic carbocycles. The molecular weight excluding hydrogens is 260 g/mol. The summed E-state index contributed by atoms with van der Waals surface area (Å²) < 4.78 is 0. The fourth-order valence-electron chi connectivity index (χ4n) is 2.07. The molecule has 1 aliphatic rings. The zero-order valence-corrected chi connectivity index (χ0v) is 12.4. The molecular formula is C15H19ClN2O. The Labute approximate surface area is 119 Å². The lowest BCUT2D eigenvalue weighted by molar-refractivity contribution is 0.0769. The Morgan fingerprint density at radius 3 is 2.74 bits per heavy atom. The predicted molar refractivity (Wildman–Crippen MR) is 77.6 cm³/mol. The Bertz CT molecular complexity index is 523. The molecule has 0 unspecified atom stereocenters. The highest BCUT2D eigenvalue weighted by Crippen LogP contribution is 2.20. The van der Waals surface area contributed by atoms with E-state index >= 15 is 0 Å². The van der Waals surface area contributed by atoms with Crippen molar-refractivity contribution < 1.29 is 4.79 Å². The fraction of sp³-hybridized carbons (Fsp3) is 0.467. The number of halogens is 1. The van der Waals surface area contributed by atoms with E-state index in [9.17, 15) is 4.79 Å². The summed E-state index contributed by atoms with van der Waals surface area (Å²) in [6.45, 7) is 7.64. The molecule has 0 aliphatic carbocycles. The third-order valence-electron chi connectivity index (χ3n) is 3.38. The Balaban J connectivity index is 2.24. The molecule has 0 fully saturated rings. The largest absolute Gasteiger partial charge is 0.335 e. The van der Waals surface area contributed by atoms with Crippen molar-refractivity contribution in [1.29, 1.82) is 0 Å². The normalized spacial score (nSPS) is 15.6. The number of pyridine rings is 1. The van der Waals surface area contributed by atoms with Crippen LogP contribution in [0.2, 0.25) is 5.15 Å². The Morgan fingerprint density at radius 2 is 2.16 bits per heavy atom. The molecule has 0 saturated carbocycles. The molecule has 4 heteroatoms. The van der Waals surface area contributed by atoms with E-state index in [1.165, 1.54) is 5.57 Å². The molecule has 0 N–H and O–H groups in total. The van der Waals surface area contributed by atoms with Crippen LogP contribution in [0.4, 0.5) is 0 Å². The molecule has 0 saturated heterocycles. The standard InChI is InChI=1S/C15H19ClN2O/c1-10(2)13-8-12(9-14(16)17-13)15(19)18-6-4-11(3)5-7-18/h4,8-10H,5-7H2,1-3H3. The van der Waals surface area contributed by atoms with E-state index in [-0.39, 0.29) is 11.8 Å².